The molecule has 0 saturated carbocycles. The zero-order valence-corrected chi connectivity index (χ0v) is 18.6. The Labute approximate surface area is 185 Å². The van der Waals surface area contributed by atoms with Crippen molar-refractivity contribution in [2.24, 2.45) is 7.05 Å². The summed E-state index contributed by atoms with van der Waals surface area (Å²) in [4.78, 5) is 19.7. The summed E-state index contributed by atoms with van der Waals surface area (Å²) in [6, 6.07) is 5.82. The zero-order valence-electron chi connectivity index (χ0n) is 18.6. The molecule has 1 aliphatic rings. The lowest BCUT2D eigenvalue weighted by Gasteiger charge is -2.27. The Balaban J connectivity index is 1.50. The smallest absolute Gasteiger partial charge is 0.257 e. The van der Waals surface area contributed by atoms with E-state index in [1.54, 1.807) is 34.5 Å². The van der Waals surface area contributed by atoms with Gasteiger partial charge in [0.15, 0.2) is 11.5 Å². The molecule has 2 atom stereocenters. The summed E-state index contributed by atoms with van der Waals surface area (Å²) in [6.45, 7) is 4.94. The lowest BCUT2D eigenvalue weighted by atomic mass is 10.1. The van der Waals surface area contributed by atoms with Gasteiger partial charge in [-0.25, -0.2) is 9.37 Å². The maximum Gasteiger partial charge on any atom is 0.257 e. The van der Waals surface area contributed by atoms with Gasteiger partial charge in [-0.2, -0.15) is 5.10 Å². The molecule has 0 radical (unpaired) electrons. The van der Waals surface area contributed by atoms with Crippen LogP contribution >= 0.6 is 0 Å². The normalized spacial score (nSPS) is 18.7. The van der Waals surface area contributed by atoms with Crippen LogP contribution in [0.3, 0.4) is 0 Å². The number of imidazole rings is 1. The molecule has 4 aromatic rings. The lowest BCUT2D eigenvalue weighted by molar-refractivity contribution is 0.102. The van der Waals surface area contributed by atoms with Crippen molar-refractivity contribution >= 4 is 33.8 Å². The second kappa shape index (κ2) is 7.59. The summed E-state index contributed by atoms with van der Waals surface area (Å²) in [5.41, 5.74) is 3.43. The van der Waals surface area contributed by atoms with Gasteiger partial charge >= 0.3 is 0 Å². The molecule has 9 heteroatoms. The minimum atomic E-state index is -0.490. The monoisotopic (exact) mass is 435 g/mol. The minimum absolute atomic E-state index is 0.233. The third-order valence-electron chi connectivity index (χ3n) is 6.33. The average Bonchev–Trinajstić information content (AvgIpc) is 3.42. The molecule has 1 aromatic carbocycles. The van der Waals surface area contributed by atoms with E-state index in [9.17, 15) is 9.18 Å². The molecule has 3 aromatic heterocycles. The van der Waals surface area contributed by atoms with Crippen molar-refractivity contribution in [3.8, 4) is 0 Å². The number of nitrogens with zero attached hydrogens (tertiary/aromatic N) is 5. The average molecular weight is 436 g/mol. The Morgan fingerprint density at radius 2 is 2.06 bits per heavy atom. The molecule has 2 N–H and O–H groups in total. The fourth-order valence-corrected chi connectivity index (χ4v) is 4.75. The number of pyridine rings is 1. The van der Waals surface area contributed by atoms with E-state index in [4.69, 9.17) is 0 Å². The topological polar surface area (TPSA) is 79.5 Å². The van der Waals surface area contributed by atoms with Crippen LogP contribution in [0.15, 0.2) is 36.8 Å². The van der Waals surface area contributed by atoms with Crippen LogP contribution < -0.4 is 15.5 Å². The number of likely N-dealkylation sites (N-methyl/N-ethyl adjacent to an activating group) is 1. The molecule has 1 saturated heterocycles. The number of halogens is 1. The molecular weight excluding hydrogens is 409 g/mol. The van der Waals surface area contributed by atoms with Crippen LogP contribution in [0.1, 0.15) is 29.4 Å². The Hall–Kier alpha value is -3.46. The van der Waals surface area contributed by atoms with E-state index in [-0.39, 0.29) is 11.6 Å². The van der Waals surface area contributed by atoms with Crippen molar-refractivity contribution in [2.45, 2.75) is 32.4 Å². The number of fused-ring (bicyclic) bond motifs is 2. The summed E-state index contributed by atoms with van der Waals surface area (Å²) in [7, 11) is 3.84. The van der Waals surface area contributed by atoms with Gasteiger partial charge in [-0.15, -0.1) is 0 Å². The highest BCUT2D eigenvalue weighted by Crippen LogP contribution is 2.34. The van der Waals surface area contributed by atoms with E-state index in [0.717, 1.165) is 24.0 Å². The van der Waals surface area contributed by atoms with Crippen LogP contribution in [0.25, 0.3) is 16.6 Å². The third kappa shape index (κ3) is 3.29. The van der Waals surface area contributed by atoms with Gasteiger partial charge in [0.05, 0.1) is 16.9 Å². The van der Waals surface area contributed by atoms with Gasteiger partial charge in [0.25, 0.3) is 5.91 Å². The number of carbonyl (C=O) groups excluding carboxylic acids is 1. The van der Waals surface area contributed by atoms with Crippen molar-refractivity contribution < 1.29 is 9.18 Å². The van der Waals surface area contributed by atoms with E-state index >= 15 is 0 Å². The number of anilines is 2. The maximum atomic E-state index is 14.4. The van der Waals surface area contributed by atoms with Crippen LogP contribution in [0.2, 0.25) is 0 Å². The summed E-state index contributed by atoms with van der Waals surface area (Å²) < 4.78 is 17.7. The minimum Gasteiger partial charge on any atom is -0.367 e. The highest BCUT2D eigenvalue weighted by Gasteiger charge is 2.31. The Morgan fingerprint density at radius 1 is 1.25 bits per heavy atom. The number of rotatable bonds is 4. The number of nitrogens with one attached hydrogen (secondary N) is 2. The molecule has 166 valence electrons. The molecule has 0 unspecified atom stereocenters. The van der Waals surface area contributed by atoms with Crippen LogP contribution in [-0.2, 0) is 7.05 Å². The Morgan fingerprint density at radius 3 is 2.81 bits per heavy atom. The third-order valence-corrected chi connectivity index (χ3v) is 6.33. The Bertz CT molecular complexity index is 1340. The van der Waals surface area contributed by atoms with Crippen molar-refractivity contribution in [2.75, 3.05) is 23.8 Å². The summed E-state index contributed by atoms with van der Waals surface area (Å²) in [5.74, 6) is -0.824. The molecule has 4 heterocycles. The lowest BCUT2D eigenvalue weighted by Crippen LogP contribution is -2.38. The molecule has 1 fully saturated rings. The number of hydrogen-bond donors (Lipinski definition) is 2. The predicted octanol–water partition coefficient (Wildman–Crippen LogP) is 3.11. The van der Waals surface area contributed by atoms with Crippen molar-refractivity contribution in [3.05, 3.63) is 53.9 Å². The van der Waals surface area contributed by atoms with Gasteiger partial charge in [-0.1, -0.05) is 0 Å². The number of benzene rings is 1. The van der Waals surface area contributed by atoms with E-state index in [2.05, 4.69) is 32.5 Å². The van der Waals surface area contributed by atoms with Crippen molar-refractivity contribution in [3.63, 3.8) is 0 Å². The van der Waals surface area contributed by atoms with Gasteiger partial charge < -0.3 is 19.9 Å². The second-order valence-electron chi connectivity index (χ2n) is 8.46. The summed E-state index contributed by atoms with van der Waals surface area (Å²) in [6.07, 6.45) is 6.38. The maximum absolute atomic E-state index is 14.4. The first-order valence-corrected chi connectivity index (χ1v) is 10.7. The van der Waals surface area contributed by atoms with Gasteiger partial charge in [-0.3, -0.25) is 9.48 Å². The quantitative estimate of drug-likeness (QED) is 0.515. The first kappa shape index (κ1) is 20.4. The van der Waals surface area contributed by atoms with Gasteiger partial charge in [0, 0.05) is 61.4 Å². The molecule has 1 amide bonds. The largest absolute Gasteiger partial charge is 0.367 e. The molecule has 0 bridgehead atoms. The fraction of sp³-hybridized carbons (Fsp3) is 0.348. The first-order chi connectivity index (χ1) is 15.4. The first-order valence-electron chi connectivity index (χ1n) is 10.7. The SMILES string of the molecule is CN[C@H]1CCN(c2ccc(C(=O)Nc3cc(F)c4nc(C)cn4c3)c3nn(C)cc23)[C@H]1C. The van der Waals surface area contributed by atoms with Crippen LogP contribution in [0, 0.1) is 12.7 Å². The van der Waals surface area contributed by atoms with E-state index < -0.39 is 5.82 Å². The molecule has 1 aliphatic heterocycles. The van der Waals surface area contributed by atoms with E-state index in [1.807, 2.05) is 26.4 Å². The molecule has 0 spiro atoms. The molecular formula is C23H26FN7O. The van der Waals surface area contributed by atoms with Gasteiger partial charge in [-0.05, 0) is 39.4 Å². The highest BCUT2D eigenvalue weighted by molar-refractivity contribution is 6.14. The summed E-state index contributed by atoms with van der Waals surface area (Å²) >= 11 is 0. The fourth-order valence-electron chi connectivity index (χ4n) is 4.75. The van der Waals surface area contributed by atoms with E-state index in [0.29, 0.717) is 34.5 Å². The van der Waals surface area contributed by atoms with Crippen molar-refractivity contribution in [1.29, 1.82) is 0 Å². The number of hydrogen-bond acceptors (Lipinski definition) is 5. The molecule has 32 heavy (non-hydrogen) atoms. The molecule has 5 rings (SSSR count). The van der Waals surface area contributed by atoms with Crippen molar-refractivity contribution in [1.82, 2.24) is 24.5 Å². The standard InChI is InChI=1S/C23H26FN7O/c1-13-10-30-11-15(9-18(24)22(30)26-13)27-23(32)16-5-6-20(17-12-29(4)28-21(16)17)31-8-7-19(25-3)14(31)2/h5-6,9-12,14,19,25H,7-8H2,1-4H3,(H,27,32)/t14-,19-/m0/s1. The van der Waals surface area contributed by atoms with Gasteiger partial charge in [0.2, 0.25) is 0 Å². The number of amides is 1. The van der Waals surface area contributed by atoms with Crippen LogP contribution in [-0.4, -0.2) is 50.7 Å². The highest BCUT2D eigenvalue weighted by atomic mass is 19.1. The van der Waals surface area contributed by atoms with Crippen LogP contribution in [0.4, 0.5) is 15.8 Å². The Kier molecular flexibility index (Phi) is 4.85. The molecule has 8 nitrogen and oxygen atoms in total. The van der Waals surface area contributed by atoms with E-state index in [1.165, 1.54) is 6.07 Å². The zero-order chi connectivity index (χ0) is 22.6. The number of aryl methyl sites for hydroxylation is 2. The molecule has 0 aliphatic carbocycles. The summed E-state index contributed by atoms with van der Waals surface area (Å²) in [5, 5.41) is 11.7. The number of carbonyl (C=O) groups is 1. The second-order valence-corrected chi connectivity index (χ2v) is 8.46. The predicted molar refractivity (Wildman–Crippen MR) is 123 cm³/mol. The van der Waals surface area contributed by atoms with Gasteiger partial charge in [0.1, 0.15) is 5.52 Å². The number of aromatic nitrogens is 4. The van der Waals surface area contributed by atoms with Crippen LogP contribution in [0.5, 0.6) is 0 Å².